The highest BCUT2D eigenvalue weighted by Gasteiger charge is 2.22. The fourth-order valence-electron chi connectivity index (χ4n) is 2.72. The molecule has 21 heavy (non-hydrogen) atoms. The maximum absolute atomic E-state index is 5.93. The average molecular weight is 277 g/mol. The van der Waals surface area contributed by atoms with E-state index >= 15 is 0 Å². The van der Waals surface area contributed by atoms with Crippen LogP contribution in [0.1, 0.15) is 5.56 Å². The summed E-state index contributed by atoms with van der Waals surface area (Å²) in [7, 11) is 0. The smallest absolute Gasteiger partial charge is 0.137 e. The van der Waals surface area contributed by atoms with E-state index in [-0.39, 0.29) is 6.10 Å². The first-order valence-corrected chi connectivity index (χ1v) is 7.08. The van der Waals surface area contributed by atoms with Gasteiger partial charge in [-0.25, -0.2) is 9.97 Å². The number of nitrogens with zero attached hydrogens (tertiary/aromatic N) is 2. The first-order chi connectivity index (χ1) is 10.4. The lowest BCUT2D eigenvalue weighted by molar-refractivity contribution is 0.246. The summed E-state index contributed by atoms with van der Waals surface area (Å²) < 4.78 is 5.93. The van der Waals surface area contributed by atoms with Crippen molar-refractivity contribution in [2.45, 2.75) is 12.5 Å². The Morgan fingerprint density at radius 1 is 1.05 bits per heavy atom. The van der Waals surface area contributed by atoms with Crippen molar-refractivity contribution in [3.8, 4) is 5.75 Å². The van der Waals surface area contributed by atoms with Gasteiger partial charge in [-0.15, -0.1) is 0 Å². The van der Waals surface area contributed by atoms with E-state index in [1.807, 2.05) is 36.4 Å². The standard InChI is InChI=1S/C17H15N3O/c1-4-8-16-12(5-1)9-13(21-16)10-18-17-14-6-2-3-7-15(14)19-11-20-17/h1-8,11,13H,9-10H2,(H,18,19,20)/t13-/m1/s1. The van der Waals surface area contributed by atoms with Crippen LogP contribution in [0.15, 0.2) is 54.9 Å². The van der Waals surface area contributed by atoms with Gasteiger partial charge < -0.3 is 10.1 Å². The van der Waals surface area contributed by atoms with Crippen LogP contribution in [0.5, 0.6) is 5.75 Å². The minimum Gasteiger partial charge on any atom is -0.488 e. The zero-order chi connectivity index (χ0) is 14.1. The average Bonchev–Trinajstić information content (AvgIpc) is 2.96. The second-order valence-corrected chi connectivity index (χ2v) is 5.17. The first kappa shape index (κ1) is 12.1. The lowest BCUT2D eigenvalue weighted by Gasteiger charge is -2.13. The van der Waals surface area contributed by atoms with Crippen LogP contribution < -0.4 is 10.1 Å². The van der Waals surface area contributed by atoms with Gasteiger partial charge in [-0.3, -0.25) is 0 Å². The van der Waals surface area contributed by atoms with E-state index in [1.54, 1.807) is 6.33 Å². The number of nitrogens with one attached hydrogen (secondary N) is 1. The number of para-hydroxylation sites is 2. The molecular weight excluding hydrogens is 262 g/mol. The van der Waals surface area contributed by atoms with Gasteiger partial charge in [-0.1, -0.05) is 30.3 Å². The summed E-state index contributed by atoms with van der Waals surface area (Å²) >= 11 is 0. The van der Waals surface area contributed by atoms with E-state index < -0.39 is 0 Å². The summed E-state index contributed by atoms with van der Waals surface area (Å²) in [6.07, 6.45) is 2.68. The molecule has 0 radical (unpaired) electrons. The number of hydrogen-bond donors (Lipinski definition) is 1. The zero-order valence-electron chi connectivity index (χ0n) is 11.5. The Hall–Kier alpha value is -2.62. The molecule has 1 N–H and O–H groups in total. The normalized spacial score (nSPS) is 16.5. The Balaban J connectivity index is 1.50. The van der Waals surface area contributed by atoms with E-state index in [1.165, 1.54) is 5.56 Å². The van der Waals surface area contributed by atoms with Gasteiger partial charge in [0.2, 0.25) is 0 Å². The summed E-state index contributed by atoms with van der Waals surface area (Å²) in [5.41, 5.74) is 2.22. The van der Waals surface area contributed by atoms with Crippen LogP contribution in [0.3, 0.4) is 0 Å². The van der Waals surface area contributed by atoms with Crippen LogP contribution in [-0.2, 0) is 6.42 Å². The molecule has 0 aliphatic carbocycles. The summed E-state index contributed by atoms with van der Waals surface area (Å²) in [5, 5.41) is 4.43. The van der Waals surface area contributed by atoms with Gasteiger partial charge in [-0.05, 0) is 23.8 Å². The minimum absolute atomic E-state index is 0.149. The van der Waals surface area contributed by atoms with Crippen molar-refractivity contribution in [2.75, 3.05) is 11.9 Å². The molecule has 1 aliphatic rings. The van der Waals surface area contributed by atoms with Crippen LogP contribution in [0.25, 0.3) is 10.9 Å². The van der Waals surface area contributed by atoms with Crippen LogP contribution in [-0.4, -0.2) is 22.6 Å². The van der Waals surface area contributed by atoms with E-state index in [9.17, 15) is 0 Å². The van der Waals surface area contributed by atoms with Gasteiger partial charge in [0.05, 0.1) is 12.1 Å². The number of hydrogen-bond acceptors (Lipinski definition) is 4. The molecular formula is C17H15N3O. The molecule has 1 aliphatic heterocycles. The molecule has 3 aromatic rings. The zero-order valence-corrected chi connectivity index (χ0v) is 11.5. The quantitative estimate of drug-likeness (QED) is 0.799. The molecule has 0 saturated heterocycles. The van der Waals surface area contributed by atoms with E-state index in [0.29, 0.717) is 0 Å². The van der Waals surface area contributed by atoms with Crippen molar-refractivity contribution in [2.24, 2.45) is 0 Å². The van der Waals surface area contributed by atoms with Gasteiger partial charge in [0.15, 0.2) is 0 Å². The molecule has 0 saturated carbocycles. The lowest BCUT2D eigenvalue weighted by Crippen LogP contribution is -2.24. The molecule has 4 rings (SSSR count). The number of fused-ring (bicyclic) bond motifs is 2. The maximum atomic E-state index is 5.93. The van der Waals surface area contributed by atoms with Gasteiger partial charge in [0, 0.05) is 11.8 Å². The highest BCUT2D eigenvalue weighted by atomic mass is 16.5. The number of anilines is 1. The SMILES string of the molecule is c1ccc2c(c1)C[C@H](CNc1ncnc3ccccc13)O2. The summed E-state index contributed by atoms with van der Waals surface area (Å²) in [6, 6.07) is 16.2. The summed E-state index contributed by atoms with van der Waals surface area (Å²) in [6.45, 7) is 0.732. The number of ether oxygens (including phenoxy) is 1. The van der Waals surface area contributed by atoms with Crippen molar-refractivity contribution >= 4 is 16.7 Å². The first-order valence-electron chi connectivity index (χ1n) is 7.08. The Labute approximate surface area is 122 Å². The molecule has 0 spiro atoms. The monoisotopic (exact) mass is 277 g/mol. The number of benzene rings is 2. The number of rotatable bonds is 3. The van der Waals surface area contributed by atoms with Crippen molar-refractivity contribution in [3.63, 3.8) is 0 Å². The number of aromatic nitrogens is 2. The third-order valence-corrected chi connectivity index (χ3v) is 3.75. The van der Waals surface area contributed by atoms with Crippen molar-refractivity contribution in [3.05, 3.63) is 60.4 Å². The fraction of sp³-hybridized carbons (Fsp3) is 0.176. The molecule has 2 heterocycles. The Bertz CT molecular complexity index is 757. The van der Waals surface area contributed by atoms with Gasteiger partial charge >= 0.3 is 0 Å². The van der Waals surface area contributed by atoms with Gasteiger partial charge in [0.25, 0.3) is 0 Å². The van der Waals surface area contributed by atoms with Gasteiger partial charge in [0.1, 0.15) is 24.0 Å². The molecule has 0 fully saturated rings. The Morgan fingerprint density at radius 2 is 1.90 bits per heavy atom. The molecule has 4 nitrogen and oxygen atoms in total. The van der Waals surface area contributed by atoms with Crippen molar-refractivity contribution in [1.29, 1.82) is 0 Å². The Kier molecular flexibility index (Phi) is 2.92. The molecule has 1 atom stereocenters. The van der Waals surface area contributed by atoms with Crippen LogP contribution >= 0.6 is 0 Å². The Morgan fingerprint density at radius 3 is 2.86 bits per heavy atom. The molecule has 1 aromatic heterocycles. The van der Waals surface area contributed by atoms with E-state index in [2.05, 4.69) is 27.4 Å². The maximum Gasteiger partial charge on any atom is 0.137 e. The molecule has 0 amide bonds. The second kappa shape index (κ2) is 5.05. The van der Waals surface area contributed by atoms with Crippen molar-refractivity contribution < 1.29 is 4.74 Å². The topological polar surface area (TPSA) is 47.0 Å². The summed E-state index contributed by atoms with van der Waals surface area (Å²) in [4.78, 5) is 8.61. The third kappa shape index (κ3) is 2.29. The van der Waals surface area contributed by atoms with Crippen LogP contribution in [0, 0.1) is 0 Å². The fourth-order valence-corrected chi connectivity index (χ4v) is 2.72. The molecule has 0 unspecified atom stereocenters. The minimum atomic E-state index is 0.149. The predicted octanol–water partition coefficient (Wildman–Crippen LogP) is 3.05. The molecule has 104 valence electrons. The predicted molar refractivity (Wildman–Crippen MR) is 82.6 cm³/mol. The lowest BCUT2D eigenvalue weighted by atomic mass is 10.1. The van der Waals surface area contributed by atoms with Crippen molar-refractivity contribution in [1.82, 2.24) is 9.97 Å². The third-order valence-electron chi connectivity index (χ3n) is 3.75. The van der Waals surface area contributed by atoms with Crippen LogP contribution in [0.2, 0.25) is 0 Å². The summed E-state index contributed by atoms with van der Waals surface area (Å²) in [5.74, 6) is 1.86. The van der Waals surface area contributed by atoms with E-state index in [4.69, 9.17) is 4.74 Å². The van der Waals surface area contributed by atoms with E-state index in [0.717, 1.165) is 35.4 Å². The molecule has 0 bridgehead atoms. The molecule has 2 aromatic carbocycles. The largest absolute Gasteiger partial charge is 0.488 e. The van der Waals surface area contributed by atoms with Gasteiger partial charge in [-0.2, -0.15) is 0 Å². The van der Waals surface area contributed by atoms with Crippen LogP contribution in [0.4, 0.5) is 5.82 Å². The molecule has 4 heteroatoms. The highest BCUT2D eigenvalue weighted by Crippen LogP contribution is 2.28. The highest BCUT2D eigenvalue weighted by molar-refractivity contribution is 5.88. The second-order valence-electron chi connectivity index (χ2n) is 5.17.